The molecule has 4 nitrogen and oxygen atoms in total. The largest absolute Gasteiger partial charge is 0.549 e. The number of nitrogens with one attached hydrogen (secondary N) is 1. The van der Waals surface area contributed by atoms with Crippen LogP contribution in [0, 0.1) is 0 Å². The van der Waals surface area contributed by atoms with Crippen LogP contribution >= 0.6 is 23.4 Å². The summed E-state index contributed by atoms with van der Waals surface area (Å²) in [6.07, 6.45) is 0. The molecule has 1 aromatic rings. The fraction of sp³-hybridized carbons (Fsp3) is 0.273. The smallest absolute Gasteiger partial charge is 0.234 e. The molecule has 0 aliphatic carbocycles. The van der Waals surface area contributed by atoms with E-state index in [0.29, 0.717) is 10.7 Å². The number of benzene rings is 1. The lowest BCUT2D eigenvalue weighted by atomic mass is 10.3. The quantitative estimate of drug-likeness (QED) is 0.873. The van der Waals surface area contributed by atoms with Crippen molar-refractivity contribution in [1.82, 2.24) is 0 Å². The van der Waals surface area contributed by atoms with Crippen LogP contribution in [0.5, 0.6) is 0 Å². The van der Waals surface area contributed by atoms with Gasteiger partial charge in [-0.2, -0.15) is 0 Å². The SMILES string of the molecule is C[C@@H](SCC(=O)Nc1ccc(Cl)cc1)C(=O)[O-]. The Kier molecular flexibility index (Phi) is 5.31. The number of amides is 1. The monoisotopic (exact) mass is 272 g/mol. The van der Waals surface area contributed by atoms with E-state index in [1.165, 1.54) is 6.92 Å². The van der Waals surface area contributed by atoms with E-state index in [-0.39, 0.29) is 11.7 Å². The molecule has 1 amide bonds. The summed E-state index contributed by atoms with van der Waals surface area (Å²) in [5, 5.41) is 12.9. The van der Waals surface area contributed by atoms with Crippen LogP contribution in [0.15, 0.2) is 24.3 Å². The van der Waals surface area contributed by atoms with Gasteiger partial charge in [-0.15, -0.1) is 11.8 Å². The molecular weight excluding hydrogens is 262 g/mol. The number of carboxylic acids is 1. The van der Waals surface area contributed by atoms with E-state index in [4.69, 9.17) is 11.6 Å². The average molecular weight is 273 g/mol. The summed E-state index contributed by atoms with van der Waals surface area (Å²) in [6.45, 7) is 1.48. The van der Waals surface area contributed by atoms with Crippen LogP contribution in [0.25, 0.3) is 0 Å². The van der Waals surface area contributed by atoms with Crippen LogP contribution in [0.4, 0.5) is 5.69 Å². The van der Waals surface area contributed by atoms with Gasteiger partial charge < -0.3 is 15.2 Å². The Morgan fingerprint density at radius 1 is 1.41 bits per heavy atom. The van der Waals surface area contributed by atoms with Gasteiger partial charge in [0, 0.05) is 16.0 Å². The lowest BCUT2D eigenvalue weighted by molar-refractivity contribution is -0.304. The molecule has 0 bridgehead atoms. The first-order valence-electron chi connectivity index (χ1n) is 4.87. The van der Waals surface area contributed by atoms with Crippen molar-refractivity contribution >= 4 is 40.9 Å². The van der Waals surface area contributed by atoms with Gasteiger partial charge in [0.05, 0.1) is 11.7 Å². The van der Waals surface area contributed by atoms with Crippen molar-refractivity contribution in [2.45, 2.75) is 12.2 Å². The van der Waals surface area contributed by atoms with Crippen LogP contribution in [0.1, 0.15) is 6.92 Å². The molecule has 6 heteroatoms. The van der Waals surface area contributed by atoms with Crippen molar-refractivity contribution in [3.05, 3.63) is 29.3 Å². The number of thioether (sulfide) groups is 1. The zero-order valence-corrected chi connectivity index (χ0v) is 10.7. The molecule has 17 heavy (non-hydrogen) atoms. The number of hydrogen-bond donors (Lipinski definition) is 1. The normalized spacial score (nSPS) is 11.9. The van der Waals surface area contributed by atoms with Gasteiger partial charge in [0.15, 0.2) is 0 Å². The highest BCUT2D eigenvalue weighted by Gasteiger charge is 2.07. The van der Waals surface area contributed by atoms with Crippen molar-refractivity contribution in [2.75, 3.05) is 11.1 Å². The van der Waals surface area contributed by atoms with Crippen molar-refractivity contribution in [3.63, 3.8) is 0 Å². The van der Waals surface area contributed by atoms with Gasteiger partial charge in [0.25, 0.3) is 0 Å². The molecule has 0 unspecified atom stereocenters. The second kappa shape index (κ2) is 6.51. The Morgan fingerprint density at radius 2 is 2.00 bits per heavy atom. The number of anilines is 1. The molecule has 0 spiro atoms. The van der Waals surface area contributed by atoms with Gasteiger partial charge in [-0.05, 0) is 31.2 Å². The number of carbonyl (C=O) groups excluding carboxylic acids is 2. The number of carbonyl (C=O) groups is 2. The number of rotatable bonds is 5. The lowest BCUT2D eigenvalue weighted by Gasteiger charge is -2.11. The predicted molar refractivity (Wildman–Crippen MR) is 67.0 cm³/mol. The summed E-state index contributed by atoms with van der Waals surface area (Å²) in [4.78, 5) is 21.9. The molecule has 1 atom stereocenters. The van der Waals surface area contributed by atoms with Gasteiger partial charge in [0.1, 0.15) is 0 Å². The highest BCUT2D eigenvalue weighted by atomic mass is 35.5. The predicted octanol–water partition coefficient (Wildman–Crippen LogP) is 1.15. The second-order valence-electron chi connectivity index (χ2n) is 3.33. The average Bonchev–Trinajstić information content (AvgIpc) is 2.29. The molecule has 0 aromatic heterocycles. The summed E-state index contributed by atoms with van der Waals surface area (Å²) in [6, 6.07) is 6.67. The lowest BCUT2D eigenvalue weighted by Crippen LogP contribution is -2.32. The minimum absolute atomic E-state index is 0.0672. The second-order valence-corrected chi connectivity index (χ2v) is 5.09. The fourth-order valence-electron chi connectivity index (χ4n) is 0.999. The Bertz CT molecular complexity index is 408. The van der Waals surface area contributed by atoms with Gasteiger partial charge in [-0.3, -0.25) is 4.79 Å². The van der Waals surface area contributed by atoms with Crippen LogP contribution in [0.2, 0.25) is 5.02 Å². The first kappa shape index (κ1) is 13.9. The third-order valence-corrected chi connectivity index (χ3v) is 3.30. The summed E-state index contributed by atoms with van der Waals surface area (Å²) in [5.41, 5.74) is 0.626. The first-order chi connectivity index (χ1) is 7.99. The molecule has 0 aliphatic rings. The standard InChI is InChI=1S/C11H12ClNO3S/c1-7(11(15)16)17-6-10(14)13-9-4-2-8(12)3-5-9/h2-5,7H,6H2,1H3,(H,13,14)(H,15,16)/p-1/t7-/m1/s1. The highest BCUT2D eigenvalue weighted by molar-refractivity contribution is 8.01. The summed E-state index contributed by atoms with van der Waals surface area (Å²) in [5.74, 6) is -1.36. The molecule has 1 aromatic carbocycles. The first-order valence-corrected chi connectivity index (χ1v) is 6.29. The summed E-state index contributed by atoms with van der Waals surface area (Å²) in [7, 11) is 0. The number of halogens is 1. The summed E-state index contributed by atoms with van der Waals surface area (Å²) < 4.78 is 0. The molecule has 1 rings (SSSR count). The fourth-order valence-corrected chi connectivity index (χ4v) is 1.73. The van der Waals surface area contributed by atoms with E-state index in [1.54, 1.807) is 24.3 Å². The molecule has 0 radical (unpaired) electrons. The molecule has 0 saturated heterocycles. The number of hydrogen-bond acceptors (Lipinski definition) is 4. The third-order valence-electron chi connectivity index (χ3n) is 1.92. The Morgan fingerprint density at radius 3 is 2.53 bits per heavy atom. The van der Waals surface area contributed by atoms with E-state index in [1.807, 2.05) is 0 Å². The molecule has 0 heterocycles. The Hall–Kier alpha value is -1.20. The van der Waals surface area contributed by atoms with Crippen LogP contribution in [0.3, 0.4) is 0 Å². The van der Waals surface area contributed by atoms with Crippen LogP contribution in [-0.2, 0) is 9.59 Å². The minimum Gasteiger partial charge on any atom is -0.549 e. The molecule has 0 aliphatic heterocycles. The van der Waals surface area contributed by atoms with Gasteiger partial charge in [0.2, 0.25) is 5.91 Å². The number of aliphatic carboxylic acids is 1. The topological polar surface area (TPSA) is 69.2 Å². The molecule has 1 N–H and O–H groups in total. The van der Waals surface area contributed by atoms with Gasteiger partial charge in [-0.25, -0.2) is 0 Å². The van der Waals surface area contributed by atoms with Gasteiger partial charge in [-0.1, -0.05) is 11.6 Å². The maximum Gasteiger partial charge on any atom is 0.234 e. The van der Waals surface area contributed by atoms with Crippen LogP contribution in [-0.4, -0.2) is 22.9 Å². The molecule has 0 fully saturated rings. The maximum absolute atomic E-state index is 11.4. The van der Waals surface area contributed by atoms with Crippen molar-refractivity contribution in [1.29, 1.82) is 0 Å². The minimum atomic E-state index is -1.17. The van der Waals surface area contributed by atoms with Crippen LogP contribution < -0.4 is 10.4 Å². The highest BCUT2D eigenvalue weighted by Crippen LogP contribution is 2.14. The third kappa shape index (κ3) is 5.10. The molecule has 92 valence electrons. The van der Waals surface area contributed by atoms with E-state index in [2.05, 4.69) is 5.32 Å². The van der Waals surface area contributed by atoms with E-state index in [9.17, 15) is 14.7 Å². The zero-order valence-electron chi connectivity index (χ0n) is 9.10. The van der Waals surface area contributed by atoms with E-state index >= 15 is 0 Å². The molecule has 0 saturated carbocycles. The zero-order chi connectivity index (χ0) is 12.8. The Labute approximate surface area is 108 Å². The number of carboxylic acid groups (broad SMARTS) is 1. The van der Waals surface area contributed by atoms with Crippen molar-refractivity contribution in [3.8, 4) is 0 Å². The van der Waals surface area contributed by atoms with E-state index in [0.717, 1.165) is 11.8 Å². The van der Waals surface area contributed by atoms with Crippen molar-refractivity contribution in [2.24, 2.45) is 0 Å². The van der Waals surface area contributed by atoms with Crippen molar-refractivity contribution < 1.29 is 14.7 Å². The Balaban J connectivity index is 2.39. The maximum atomic E-state index is 11.4. The summed E-state index contributed by atoms with van der Waals surface area (Å²) >= 11 is 6.71. The van der Waals surface area contributed by atoms with E-state index < -0.39 is 11.2 Å². The van der Waals surface area contributed by atoms with Gasteiger partial charge >= 0.3 is 0 Å². The molecular formula is C11H11ClNO3S-.